The first-order chi connectivity index (χ1) is 8.42. The van der Waals surface area contributed by atoms with E-state index in [1.807, 2.05) is 0 Å². The lowest BCUT2D eigenvalue weighted by molar-refractivity contribution is 0.0744. The molecule has 0 saturated heterocycles. The largest absolute Gasteiger partial charge is 0.383 e. The molecule has 102 valence electrons. The summed E-state index contributed by atoms with van der Waals surface area (Å²) < 4.78 is 27.3. The lowest BCUT2D eigenvalue weighted by atomic mass is 10.3. The van der Waals surface area contributed by atoms with E-state index in [0.29, 0.717) is 13.2 Å². The molecule has 0 aliphatic rings. The molecule has 0 aromatic carbocycles. The van der Waals surface area contributed by atoms with Gasteiger partial charge in [-0.2, -0.15) is 0 Å². The number of methoxy groups -OCH3 is 1. The summed E-state index contributed by atoms with van der Waals surface area (Å²) in [6, 6.07) is 1.22. The Bertz CT molecular complexity index is 511. The van der Waals surface area contributed by atoms with Gasteiger partial charge in [-0.05, 0) is 6.07 Å². The summed E-state index contributed by atoms with van der Waals surface area (Å²) in [6.07, 6.45) is 0. The molecule has 1 heterocycles. The molecule has 0 bridgehead atoms. The van der Waals surface area contributed by atoms with Crippen LogP contribution in [0, 0.1) is 0 Å². The Morgan fingerprint density at radius 2 is 2.28 bits per heavy atom. The molecular formula is C9H14N2O5S2. The fourth-order valence-corrected chi connectivity index (χ4v) is 2.91. The van der Waals surface area contributed by atoms with E-state index < -0.39 is 10.0 Å². The van der Waals surface area contributed by atoms with Crippen LogP contribution in [0.5, 0.6) is 0 Å². The van der Waals surface area contributed by atoms with Gasteiger partial charge in [0.25, 0.3) is 15.9 Å². The number of ether oxygens (including phenoxy) is 1. The minimum atomic E-state index is -3.92. The molecule has 1 rings (SSSR count). The molecule has 0 radical (unpaired) electrons. The van der Waals surface area contributed by atoms with Crippen LogP contribution in [0.15, 0.2) is 15.7 Å². The molecule has 1 amide bonds. The van der Waals surface area contributed by atoms with Crippen LogP contribution in [0.2, 0.25) is 0 Å². The lowest BCUT2D eigenvalue weighted by Gasteiger charge is -2.15. The van der Waals surface area contributed by atoms with Crippen molar-refractivity contribution in [1.29, 1.82) is 0 Å². The highest BCUT2D eigenvalue weighted by Crippen LogP contribution is 2.20. The van der Waals surface area contributed by atoms with Crippen molar-refractivity contribution >= 4 is 27.3 Å². The third-order valence-electron chi connectivity index (χ3n) is 2.18. The maximum atomic E-state index is 11.9. The molecule has 1 aromatic rings. The van der Waals surface area contributed by atoms with Crippen LogP contribution in [0.4, 0.5) is 0 Å². The second-order valence-electron chi connectivity index (χ2n) is 3.47. The van der Waals surface area contributed by atoms with Crippen molar-refractivity contribution in [1.82, 2.24) is 9.79 Å². The number of nitrogens with one attached hydrogen (secondary N) is 1. The molecule has 18 heavy (non-hydrogen) atoms. The van der Waals surface area contributed by atoms with Crippen LogP contribution in [0.25, 0.3) is 0 Å². The van der Waals surface area contributed by atoms with Crippen LogP contribution < -0.4 is 4.89 Å². The molecule has 7 nitrogen and oxygen atoms in total. The monoisotopic (exact) mass is 294 g/mol. The number of sulfonamides is 1. The van der Waals surface area contributed by atoms with Crippen molar-refractivity contribution in [3.63, 3.8) is 0 Å². The Hall–Kier alpha value is -1.00. The van der Waals surface area contributed by atoms with Gasteiger partial charge < -0.3 is 14.8 Å². The zero-order valence-electron chi connectivity index (χ0n) is 9.91. The van der Waals surface area contributed by atoms with E-state index in [1.165, 1.54) is 28.3 Å². The van der Waals surface area contributed by atoms with Gasteiger partial charge in [0, 0.05) is 26.1 Å². The van der Waals surface area contributed by atoms with Crippen molar-refractivity contribution < 1.29 is 23.2 Å². The molecular weight excluding hydrogens is 280 g/mol. The second kappa shape index (κ2) is 6.25. The van der Waals surface area contributed by atoms with Crippen molar-refractivity contribution in [2.75, 3.05) is 27.3 Å². The first kappa shape index (κ1) is 15.1. The van der Waals surface area contributed by atoms with Gasteiger partial charge in [-0.1, -0.05) is 4.89 Å². The van der Waals surface area contributed by atoms with Gasteiger partial charge in [0.05, 0.1) is 12.2 Å². The summed E-state index contributed by atoms with van der Waals surface area (Å²) in [4.78, 5) is 14.5. The normalized spacial score (nSPS) is 11.5. The average Bonchev–Trinajstić information content (AvgIpc) is 2.85. The summed E-state index contributed by atoms with van der Waals surface area (Å²) in [5.74, 6) is -0.303. The number of carbonyl (C=O) groups is 1. The topological polar surface area (TPSA) is 95.9 Å². The summed E-state index contributed by atoms with van der Waals surface area (Å²) in [6.45, 7) is 0.807. The van der Waals surface area contributed by atoms with Crippen LogP contribution in [-0.2, 0) is 14.8 Å². The molecule has 0 aliphatic carbocycles. The highest BCUT2D eigenvalue weighted by atomic mass is 32.2. The highest BCUT2D eigenvalue weighted by Gasteiger charge is 2.19. The Morgan fingerprint density at radius 3 is 2.83 bits per heavy atom. The fourth-order valence-electron chi connectivity index (χ4n) is 1.16. The zero-order valence-corrected chi connectivity index (χ0v) is 11.5. The van der Waals surface area contributed by atoms with E-state index >= 15 is 0 Å². The van der Waals surface area contributed by atoms with E-state index in [-0.39, 0.29) is 15.7 Å². The SMILES string of the molecule is COCCN(C)C(=O)c1csc(S(=O)(=O)NO)c1. The van der Waals surface area contributed by atoms with Crippen LogP contribution in [0.3, 0.4) is 0 Å². The Kier molecular flexibility index (Phi) is 5.23. The summed E-state index contributed by atoms with van der Waals surface area (Å²) >= 11 is 0.861. The summed E-state index contributed by atoms with van der Waals surface area (Å²) in [5.41, 5.74) is 0.257. The smallest absolute Gasteiger partial charge is 0.271 e. The Labute approximate surface area is 109 Å². The van der Waals surface area contributed by atoms with Gasteiger partial charge >= 0.3 is 0 Å². The second-order valence-corrected chi connectivity index (χ2v) is 6.27. The molecule has 2 N–H and O–H groups in total. The highest BCUT2D eigenvalue weighted by molar-refractivity contribution is 7.91. The molecule has 0 saturated carbocycles. The van der Waals surface area contributed by atoms with Crippen molar-refractivity contribution in [3.05, 3.63) is 17.0 Å². The first-order valence-corrected chi connectivity index (χ1v) is 7.27. The molecule has 1 aromatic heterocycles. The third kappa shape index (κ3) is 3.50. The van der Waals surface area contributed by atoms with E-state index in [4.69, 9.17) is 9.94 Å². The maximum Gasteiger partial charge on any atom is 0.271 e. The number of nitrogens with zero attached hydrogens (tertiary/aromatic N) is 1. The molecule has 0 aliphatic heterocycles. The summed E-state index contributed by atoms with van der Waals surface area (Å²) in [5, 5.41) is 9.90. The van der Waals surface area contributed by atoms with Crippen LogP contribution in [-0.4, -0.2) is 51.7 Å². The number of likely N-dealkylation sites (N-methyl/N-ethyl adjacent to an activating group) is 1. The van der Waals surface area contributed by atoms with Gasteiger partial charge in [0.1, 0.15) is 4.21 Å². The van der Waals surface area contributed by atoms with Gasteiger partial charge in [-0.3, -0.25) is 4.79 Å². The van der Waals surface area contributed by atoms with Crippen molar-refractivity contribution in [3.8, 4) is 0 Å². The third-order valence-corrected chi connectivity index (χ3v) is 4.74. The van der Waals surface area contributed by atoms with E-state index in [0.717, 1.165) is 11.3 Å². The number of carbonyl (C=O) groups excluding carboxylic acids is 1. The van der Waals surface area contributed by atoms with E-state index in [1.54, 1.807) is 7.05 Å². The number of hydrogen-bond donors (Lipinski definition) is 2. The van der Waals surface area contributed by atoms with Crippen molar-refractivity contribution in [2.45, 2.75) is 4.21 Å². The predicted molar refractivity (Wildman–Crippen MR) is 65.3 cm³/mol. The number of rotatable bonds is 6. The molecule has 0 spiro atoms. The minimum Gasteiger partial charge on any atom is -0.383 e. The van der Waals surface area contributed by atoms with Crippen LogP contribution >= 0.6 is 11.3 Å². The quantitative estimate of drug-likeness (QED) is 0.727. The zero-order chi connectivity index (χ0) is 13.8. The fraction of sp³-hybridized carbons (Fsp3) is 0.444. The van der Waals surface area contributed by atoms with Crippen LogP contribution in [0.1, 0.15) is 10.4 Å². The van der Waals surface area contributed by atoms with Gasteiger partial charge in [0.15, 0.2) is 0 Å². The van der Waals surface area contributed by atoms with E-state index in [9.17, 15) is 13.2 Å². The maximum absolute atomic E-state index is 11.9. The number of thiophene rings is 1. The molecule has 0 unspecified atom stereocenters. The van der Waals surface area contributed by atoms with Gasteiger partial charge in [-0.15, -0.1) is 11.3 Å². The van der Waals surface area contributed by atoms with Crippen molar-refractivity contribution in [2.24, 2.45) is 0 Å². The lowest BCUT2D eigenvalue weighted by Crippen LogP contribution is -2.29. The average molecular weight is 294 g/mol. The first-order valence-electron chi connectivity index (χ1n) is 4.91. The summed E-state index contributed by atoms with van der Waals surface area (Å²) in [7, 11) is -0.802. The Morgan fingerprint density at radius 1 is 1.61 bits per heavy atom. The molecule has 0 atom stereocenters. The van der Waals surface area contributed by atoms with E-state index in [2.05, 4.69) is 0 Å². The molecule has 9 heteroatoms. The van der Waals surface area contributed by atoms with Gasteiger partial charge in [0.2, 0.25) is 0 Å². The molecule has 0 fully saturated rings. The van der Waals surface area contributed by atoms with Gasteiger partial charge in [-0.25, -0.2) is 8.42 Å². The predicted octanol–water partition coefficient (Wildman–Crippen LogP) is 0.134. The standard InChI is InChI=1S/C9H14N2O5S2/c1-11(3-4-16-2)9(12)7-5-8(17-6-7)18(14,15)10-13/h5-6,10,13H,3-4H2,1-2H3. The number of amides is 1. The Balaban J connectivity index is 2.83. The minimum absolute atomic E-state index is 0.117. The number of hydrogen-bond acceptors (Lipinski definition) is 6.